The summed E-state index contributed by atoms with van der Waals surface area (Å²) >= 11 is 0. The van der Waals surface area contributed by atoms with Gasteiger partial charge in [-0.25, -0.2) is 4.68 Å². The van der Waals surface area contributed by atoms with Gasteiger partial charge in [0.25, 0.3) is 0 Å². The summed E-state index contributed by atoms with van der Waals surface area (Å²) in [7, 11) is 0. The summed E-state index contributed by atoms with van der Waals surface area (Å²) < 4.78 is 7.74. The molecular formula is C20H23N5O. The molecule has 6 nitrogen and oxygen atoms in total. The summed E-state index contributed by atoms with van der Waals surface area (Å²) in [5, 5.41) is 12.8. The minimum absolute atomic E-state index is 0.148. The maximum absolute atomic E-state index is 5.84. The highest BCUT2D eigenvalue weighted by Crippen LogP contribution is 2.60. The zero-order chi connectivity index (χ0) is 17.3. The molecule has 6 heteroatoms. The molecule has 4 bridgehead atoms. The topological polar surface area (TPSA) is 69.6 Å². The summed E-state index contributed by atoms with van der Waals surface area (Å²) in [6.45, 7) is 2.88. The first-order valence-corrected chi connectivity index (χ1v) is 9.90. The lowest BCUT2D eigenvalue weighted by Gasteiger charge is -2.55. The highest BCUT2D eigenvalue weighted by atomic mass is 16.5. The summed E-state index contributed by atoms with van der Waals surface area (Å²) in [5.74, 6) is 4.18. The lowest BCUT2D eigenvalue weighted by molar-refractivity contribution is -0.0201. The Labute approximate surface area is 152 Å². The fraction of sp³-hybridized carbons (Fsp3) is 0.600. The molecule has 0 atom stereocenters. The minimum Gasteiger partial charge on any atom is -0.338 e. The second-order valence-electron chi connectivity index (χ2n) is 8.73. The maximum atomic E-state index is 5.84. The quantitative estimate of drug-likeness (QED) is 0.715. The van der Waals surface area contributed by atoms with Gasteiger partial charge in [-0.05, 0) is 81.4 Å². The summed E-state index contributed by atoms with van der Waals surface area (Å²) in [5.41, 5.74) is 3.03. The van der Waals surface area contributed by atoms with E-state index in [1.807, 2.05) is 16.8 Å². The number of aryl methyl sites for hydroxylation is 1. The second kappa shape index (κ2) is 5.15. The first-order valence-electron chi connectivity index (χ1n) is 9.90. The van der Waals surface area contributed by atoms with Crippen LogP contribution < -0.4 is 0 Å². The third-order valence-electron chi connectivity index (χ3n) is 6.99. The van der Waals surface area contributed by atoms with Crippen LogP contribution in [0.1, 0.15) is 51.3 Å². The molecule has 4 aliphatic carbocycles. The maximum Gasteiger partial charge on any atom is 0.233 e. The average Bonchev–Trinajstić information content (AvgIpc) is 3.27. The Kier molecular flexibility index (Phi) is 2.95. The Morgan fingerprint density at radius 1 is 1.12 bits per heavy atom. The number of rotatable bonds is 3. The van der Waals surface area contributed by atoms with E-state index in [1.54, 1.807) is 0 Å². The first kappa shape index (κ1) is 14.9. The van der Waals surface area contributed by atoms with Crippen LogP contribution in [-0.2, 0) is 12.0 Å². The van der Waals surface area contributed by atoms with Gasteiger partial charge in [-0.1, -0.05) is 10.4 Å². The molecule has 1 aromatic carbocycles. The van der Waals surface area contributed by atoms with E-state index in [2.05, 4.69) is 28.5 Å². The molecule has 0 amide bonds. The number of aromatic nitrogens is 5. The van der Waals surface area contributed by atoms with Crippen molar-refractivity contribution in [3.05, 3.63) is 24.1 Å². The van der Waals surface area contributed by atoms with Gasteiger partial charge in [-0.15, -0.1) is 5.10 Å². The molecule has 4 fully saturated rings. The Bertz CT molecular complexity index is 952. The van der Waals surface area contributed by atoms with Gasteiger partial charge in [0.1, 0.15) is 5.52 Å². The van der Waals surface area contributed by atoms with Crippen LogP contribution in [0.15, 0.2) is 22.7 Å². The van der Waals surface area contributed by atoms with Gasteiger partial charge in [0, 0.05) is 12.1 Å². The molecule has 2 heterocycles. The van der Waals surface area contributed by atoms with Crippen LogP contribution >= 0.6 is 0 Å². The molecule has 0 unspecified atom stereocenters. The number of hydrogen-bond acceptors (Lipinski definition) is 5. The van der Waals surface area contributed by atoms with Crippen molar-refractivity contribution in [2.75, 3.05) is 0 Å². The third-order valence-corrected chi connectivity index (χ3v) is 6.99. The molecule has 7 rings (SSSR count). The van der Waals surface area contributed by atoms with Crippen LogP contribution in [0, 0.1) is 17.8 Å². The highest BCUT2D eigenvalue weighted by Gasteiger charge is 2.54. The lowest BCUT2D eigenvalue weighted by Crippen LogP contribution is -2.48. The first-order chi connectivity index (χ1) is 12.7. The van der Waals surface area contributed by atoms with Crippen LogP contribution in [0.25, 0.3) is 22.4 Å². The Balaban J connectivity index is 1.37. The van der Waals surface area contributed by atoms with Crippen molar-refractivity contribution in [3.63, 3.8) is 0 Å². The standard InChI is InChI=1S/C20H23N5O/c1-2-25-17-4-3-15(8-16(17)22-24-25)18-21-19(26-23-18)20-9-12-5-13(10-20)7-14(6-12)11-20/h3-4,8,12-14H,2,5-7,9-11H2,1H3. The molecule has 3 aromatic rings. The van der Waals surface area contributed by atoms with Crippen LogP contribution in [0.4, 0.5) is 0 Å². The summed E-state index contributed by atoms with van der Waals surface area (Å²) in [6.07, 6.45) is 7.98. The molecule has 0 N–H and O–H groups in total. The van der Waals surface area contributed by atoms with Gasteiger partial charge in [0.05, 0.1) is 10.9 Å². The fourth-order valence-corrected chi connectivity index (χ4v) is 6.27. The van der Waals surface area contributed by atoms with Crippen LogP contribution in [0.3, 0.4) is 0 Å². The van der Waals surface area contributed by atoms with E-state index in [0.29, 0.717) is 5.82 Å². The van der Waals surface area contributed by atoms with Crippen molar-refractivity contribution in [2.45, 2.75) is 57.4 Å². The van der Waals surface area contributed by atoms with Gasteiger partial charge >= 0.3 is 0 Å². The zero-order valence-corrected chi connectivity index (χ0v) is 15.1. The Morgan fingerprint density at radius 2 is 1.85 bits per heavy atom. The molecule has 4 aliphatic rings. The smallest absolute Gasteiger partial charge is 0.233 e. The Hall–Kier alpha value is -2.24. The normalized spacial score (nSPS) is 32.6. The molecule has 134 valence electrons. The molecular weight excluding hydrogens is 326 g/mol. The summed E-state index contributed by atoms with van der Waals surface area (Å²) in [4.78, 5) is 4.87. The van der Waals surface area contributed by atoms with Gasteiger partial charge in [0.2, 0.25) is 11.7 Å². The monoisotopic (exact) mass is 349 g/mol. The highest BCUT2D eigenvalue weighted by molar-refractivity contribution is 5.79. The predicted octanol–water partition coefficient (Wildman–Crippen LogP) is 3.97. The van der Waals surface area contributed by atoms with E-state index < -0.39 is 0 Å². The van der Waals surface area contributed by atoms with E-state index in [9.17, 15) is 0 Å². The van der Waals surface area contributed by atoms with Crippen molar-refractivity contribution in [2.24, 2.45) is 17.8 Å². The van der Waals surface area contributed by atoms with Crippen molar-refractivity contribution >= 4 is 11.0 Å². The average molecular weight is 349 g/mol. The molecule has 0 aliphatic heterocycles. The molecule has 0 spiro atoms. The van der Waals surface area contributed by atoms with E-state index in [4.69, 9.17) is 9.51 Å². The number of benzene rings is 1. The second-order valence-corrected chi connectivity index (χ2v) is 8.73. The van der Waals surface area contributed by atoms with Crippen molar-refractivity contribution < 1.29 is 4.52 Å². The number of fused-ring (bicyclic) bond motifs is 1. The SMILES string of the molecule is CCn1nnc2cc(-c3noc(C45CC6CC(CC(C6)C4)C5)n3)ccc21. The van der Waals surface area contributed by atoms with E-state index in [0.717, 1.165) is 46.8 Å². The van der Waals surface area contributed by atoms with Crippen LogP contribution in [-0.4, -0.2) is 25.1 Å². The van der Waals surface area contributed by atoms with Crippen molar-refractivity contribution in [1.82, 2.24) is 25.1 Å². The van der Waals surface area contributed by atoms with Gasteiger partial charge in [0.15, 0.2) is 0 Å². The molecule has 0 saturated heterocycles. The van der Waals surface area contributed by atoms with Crippen LogP contribution in [0.2, 0.25) is 0 Å². The summed E-state index contributed by atoms with van der Waals surface area (Å²) in [6, 6.07) is 6.11. The molecule has 0 radical (unpaired) electrons. The van der Waals surface area contributed by atoms with Gasteiger partial charge < -0.3 is 4.52 Å². The van der Waals surface area contributed by atoms with Gasteiger partial charge in [-0.2, -0.15) is 4.98 Å². The third kappa shape index (κ3) is 2.04. The number of nitrogens with zero attached hydrogens (tertiary/aromatic N) is 5. The molecule has 4 saturated carbocycles. The van der Waals surface area contributed by atoms with Crippen molar-refractivity contribution in [1.29, 1.82) is 0 Å². The largest absolute Gasteiger partial charge is 0.338 e. The molecule has 2 aromatic heterocycles. The fourth-order valence-electron chi connectivity index (χ4n) is 6.27. The Morgan fingerprint density at radius 3 is 2.54 bits per heavy atom. The van der Waals surface area contributed by atoms with E-state index in [1.165, 1.54) is 38.5 Å². The van der Waals surface area contributed by atoms with Crippen molar-refractivity contribution in [3.8, 4) is 11.4 Å². The lowest BCUT2D eigenvalue weighted by atomic mass is 9.49. The number of hydrogen-bond donors (Lipinski definition) is 0. The molecule has 26 heavy (non-hydrogen) atoms. The van der Waals surface area contributed by atoms with Gasteiger partial charge in [-0.3, -0.25) is 0 Å². The zero-order valence-electron chi connectivity index (χ0n) is 15.1. The van der Waals surface area contributed by atoms with E-state index >= 15 is 0 Å². The minimum atomic E-state index is 0.148. The van der Waals surface area contributed by atoms with E-state index in [-0.39, 0.29) is 5.41 Å². The predicted molar refractivity (Wildman–Crippen MR) is 96.3 cm³/mol. The van der Waals surface area contributed by atoms with Crippen LogP contribution in [0.5, 0.6) is 0 Å².